The van der Waals surface area contributed by atoms with E-state index in [2.05, 4.69) is 5.32 Å². The fraction of sp³-hybridized carbons (Fsp3) is 0.526. The predicted octanol–water partition coefficient (Wildman–Crippen LogP) is 2.19. The van der Waals surface area contributed by atoms with E-state index < -0.39 is 5.41 Å². The van der Waals surface area contributed by atoms with Crippen LogP contribution in [0.4, 0.5) is 0 Å². The summed E-state index contributed by atoms with van der Waals surface area (Å²) in [4.78, 5) is 37.9. The number of amides is 2. The Hall–Kier alpha value is -2.08. The van der Waals surface area contributed by atoms with Crippen LogP contribution >= 0.6 is 11.6 Å². The average Bonchev–Trinajstić information content (AvgIpc) is 2.60. The number of esters is 1. The summed E-state index contributed by atoms with van der Waals surface area (Å²) in [6.07, 6.45) is 1.80. The van der Waals surface area contributed by atoms with Gasteiger partial charge < -0.3 is 15.0 Å². The van der Waals surface area contributed by atoms with Crippen molar-refractivity contribution in [3.05, 3.63) is 34.9 Å². The third-order valence-corrected chi connectivity index (χ3v) is 4.79. The van der Waals surface area contributed by atoms with Gasteiger partial charge in [-0.15, -0.1) is 0 Å². The van der Waals surface area contributed by atoms with Gasteiger partial charge in [0.15, 0.2) is 0 Å². The van der Waals surface area contributed by atoms with E-state index in [-0.39, 0.29) is 37.5 Å². The molecule has 0 aromatic heterocycles. The van der Waals surface area contributed by atoms with Gasteiger partial charge in [-0.05, 0) is 43.9 Å². The van der Waals surface area contributed by atoms with Crippen LogP contribution in [0.25, 0.3) is 0 Å². The molecule has 1 aromatic rings. The number of carbonyl (C=O) groups is 3. The highest BCUT2D eigenvalue weighted by atomic mass is 35.5. The third-order valence-electron chi connectivity index (χ3n) is 4.56. The SMILES string of the molecule is CCOC(=O)C1(Cc2cccc(Cl)c2)CCCN(C(=O)CNC(C)=O)C1. The lowest BCUT2D eigenvalue weighted by Crippen LogP contribution is -2.53. The number of hydrogen-bond donors (Lipinski definition) is 1. The number of nitrogens with one attached hydrogen (secondary N) is 1. The lowest BCUT2D eigenvalue weighted by molar-refractivity contribution is -0.160. The molecule has 7 heteroatoms. The second-order valence-corrected chi connectivity index (χ2v) is 7.07. The van der Waals surface area contributed by atoms with E-state index in [9.17, 15) is 14.4 Å². The Morgan fingerprint density at radius 2 is 2.12 bits per heavy atom. The smallest absolute Gasteiger partial charge is 0.314 e. The molecule has 0 radical (unpaired) electrons. The topological polar surface area (TPSA) is 75.7 Å². The van der Waals surface area contributed by atoms with Gasteiger partial charge in [0.2, 0.25) is 11.8 Å². The van der Waals surface area contributed by atoms with Gasteiger partial charge in [0.1, 0.15) is 0 Å². The zero-order valence-corrected chi connectivity index (χ0v) is 16.0. The minimum absolute atomic E-state index is 0.0641. The molecule has 0 saturated carbocycles. The van der Waals surface area contributed by atoms with Crippen LogP contribution in [0, 0.1) is 5.41 Å². The Labute approximate surface area is 158 Å². The molecule has 1 saturated heterocycles. The molecule has 1 N–H and O–H groups in total. The summed E-state index contributed by atoms with van der Waals surface area (Å²) in [5, 5.41) is 3.13. The summed E-state index contributed by atoms with van der Waals surface area (Å²) in [5.74, 6) is -0.748. The summed E-state index contributed by atoms with van der Waals surface area (Å²) in [6.45, 7) is 4.20. The van der Waals surface area contributed by atoms with Crippen molar-refractivity contribution >= 4 is 29.4 Å². The zero-order chi connectivity index (χ0) is 19.2. The number of piperidine rings is 1. The number of ether oxygens (including phenoxy) is 1. The first-order valence-corrected chi connectivity index (χ1v) is 9.18. The molecule has 0 aliphatic carbocycles. The van der Waals surface area contributed by atoms with Crippen LogP contribution in [0.15, 0.2) is 24.3 Å². The molecule has 1 heterocycles. The van der Waals surface area contributed by atoms with Gasteiger partial charge in [0.05, 0.1) is 18.6 Å². The lowest BCUT2D eigenvalue weighted by Gasteiger charge is -2.41. The summed E-state index contributed by atoms with van der Waals surface area (Å²) < 4.78 is 5.33. The highest BCUT2D eigenvalue weighted by Gasteiger charge is 2.44. The minimum atomic E-state index is -0.801. The van der Waals surface area contributed by atoms with Crippen LogP contribution in [0.1, 0.15) is 32.3 Å². The largest absolute Gasteiger partial charge is 0.466 e. The lowest BCUT2D eigenvalue weighted by atomic mass is 9.75. The van der Waals surface area contributed by atoms with Crippen molar-refractivity contribution in [1.29, 1.82) is 0 Å². The van der Waals surface area contributed by atoms with E-state index in [0.717, 1.165) is 5.56 Å². The second kappa shape index (κ2) is 9.03. The first-order chi connectivity index (χ1) is 12.4. The van der Waals surface area contributed by atoms with Crippen LogP contribution in [0.2, 0.25) is 5.02 Å². The average molecular weight is 381 g/mol. The van der Waals surface area contributed by atoms with E-state index in [1.807, 2.05) is 18.2 Å². The molecule has 1 unspecified atom stereocenters. The molecule has 26 heavy (non-hydrogen) atoms. The van der Waals surface area contributed by atoms with Crippen molar-refractivity contribution in [2.24, 2.45) is 5.41 Å². The van der Waals surface area contributed by atoms with Gasteiger partial charge in [-0.25, -0.2) is 0 Å². The standard InChI is InChI=1S/C19H25ClN2O4/c1-3-26-18(25)19(11-15-6-4-7-16(20)10-15)8-5-9-22(13-19)17(24)12-21-14(2)23/h4,6-7,10H,3,5,8-9,11-13H2,1-2H3,(H,21,23). The number of likely N-dealkylation sites (tertiary alicyclic amines) is 1. The number of rotatable bonds is 6. The summed E-state index contributed by atoms with van der Waals surface area (Å²) in [6, 6.07) is 7.39. The van der Waals surface area contributed by atoms with Crippen LogP contribution < -0.4 is 5.32 Å². The van der Waals surface area contributed by atoms with Gasteiger partial charge >= 0.3 is 5.97 Å². The maximum atomic E-state index is 12.8. The minimum Gasteiger partial charge on any atom is -0.466 e. The fourth-order valence-electron chi connectivity index (χ4n) is 3.36. The van der Waals surface area contributed by atoms with Crippen molar-refractivity contribution in [1.82, 2.24) is 10.2 Å². The molecule has 0 bridgehead atoms. The summed E-state index contributed by atoms with van der Waals surface area (Å²) >= 11 is 6.08. The highest BCUT2D eigenvalue weighted by molar-refractivity contribution is 6.30. The molecule has 0 spiro atoms. The number of halogens is 1. The van der Waals surface area contributed by atoms with E-state index in [0.29, 0.717) is 30.8 Å². The number of nitrogens with zero attached hydrogens (tertiary/aromatic N) is 1. The molecular formula is C19H25ClN2O4. The molecule has 1 aromatic carbocycles. The van der Waals surface area contributed by atoms with E-state index in [4.69, 9.17) is 16.3 Å². The molecule has 1 aliphatic heterocycles. The summed E-state index contributed by atoms with van der Waals surface area (Å²) in [7, 11) is 0. The number of carbonyl (C=O) groups excluding carboxylic acids is 3. The molecule has 2 rings (SSSR count). The normalized spacial score (nSPS) is 19.7. The fourth-order valence-corrected chi connectivity index (χ4v) is 3.57. The molecule has 1 fully saturated rings. The summed E-state index contributed by atoms with van der Waals surface area (Å²) in [5.41, 5.74) is 0.131. The maximum absolute atomic E-state index is 12.8. The monoisotopic (exact) mass is 380 g/mol. The van der Waals surface area contributed by atoms with Crippen molar-refractivity contribution < 1.29 is 19.1 Å². The van der Waals surface area contributed by atoms with E-state index in [1.54, 1.807) is 17.9 Å². The Balaban J connectivity index is 2.21. The molecule has 1 atom stereocenters. The van der Waals surface area contributed by atoms with Gasteiger partial charge in [0, 0.05) is 25.0 Å². The van der Waals surface area contributed by atoms with Crippen molar-refractivity contribution in [2.45, 2.75) is 33.1 Å². The van der Waals surface area contributed by atoms with Crippen LogP contribution in [0.3, 0.4) is 0 Å². The van der Waals surface area contributed by atoms with Gasteiger partial charge in [0.25, 0.3) is 0 Å². The quantitative estimate of drug-likeness (QED) is 0.767. The van der Waals surface area contributed by atoms with Crippen molar-refractivity contribution in [3.63, 3.8) is 0 Å². The maximum Gasteiger partial charge on any atom is 0.314 e. The Bertz CT molecular complexity index is 679. The Morgan fingerprint density at radius 1 is 1.35 bits per heavy atom. The number of benzene rings is 1. The third kappa shape index (κ3) is 5.21. The van der Waals surface area contributed by atoms with Gasteiger partial charge in [-0.1, -0.05) is 23.7 Å². The second-order valence-electron chi connectivity index (χ2n) is 6.64. The Morgan fingerprint density at radius 3 is 2.77 bits per heavy atom. The van der Waals surface area contributed by atoms with Crippen LogP contribution in [0.5, 0.6) is 0 Å². The first-order valence-electron chi connectivity index (χ1n) is 8.80. The van der Waals surface area contributed by atoms with Crippen molar-refractivity contribution in [3.8, 4) is 0 Å². The predicted molar refractivity (Wildman–Crippen MR) is 98.7 cm³/mol. The molecule has 142 valence electrons. The van der Waals surface area contributed by atoms with Crippen LogP contribution in [-0.4, -0.2) is 48.9 Å². The molecule has 1 aliphatic rings. The molecule has 6 nitrogen and oxygen atoms in total. The highest BCUT2D eigenvalue weighted by Crippen LogP contribution is 2.35. The molecular weight excluding hydrogens is 356 g/mol. The first kappa shape index (κ1) is 20.2. The van der Waals surface area contributed by atoms with E-state index >= 15 is 0 Å². The zero-order valence-electron chi connectivity index (χ0n) is 15.2. The van der Waals surface area contributed by atoms with Crippen molar-refractivity contribution in [2.75, 3.05) is 26.2 Å². The van der Waals surface area contributed by atoms with Gasteiger partial charge in [-0.2, -0.15) is 0 Å². The number of hydrogen-bond acceptors (Lipinski definition) is 4. The Kier molecular flexibility index (Phi) is 7.03. The van der Waals surface area contributed by atoms with Crippen LogP contribution in [-0.2, 0) is 25.5 Å². The van der Waals surface area contributed by atoms with Gasteiger partial charge in [-0.3, -0.25) is 14.4 Å². The molecule has 2 amide bonds. The van der Waals surface area contributed by atoms with E-state index in [1.165, 1.54) is 6.92 Å².